The average molecular weight is 360 g/mol. The molecule has 2 rings (SSSR count). The number of carboxylic acid groups (broad SMARTS) is 1. The number of rotatable bonds is 4. The summed E-state index contributed by atoms with van der Waals surface area (Å²) in [6.07, 6.45) is -3.44. The third-order valence-corrected chi connectivity index (χ3v) is 3.94. The maximum atomic E-state index is 11.8. The molecule has 0 heterocycles. The van der Waals surface area contributed by atoms with Gasteiger partial charge in [0.25, 0.3) is 0 Å². The minimum absolute atomic E-state index is 0.327. The molecular formula is C16H18O9. The second-order valence-electron chi connectivity index (χ2n) is 5.86. The van der Waals surface area contributed by atoms with E-state index < -0.39 is 48.7 Å². The quantitative estimate of drug-likeness (QED) is 0.232. The van der Waals surface area contributed by atoms with Gasteiger partial charge in [-0.15, -0.1) is 0 Å². The van der Waals surface area contributed by atoms with Gasteiger partial charge in [0.15, 0.2) is 17.1 Å². The first-order valence-electron chi connectivity index (χ1n) is 7.35. The third kappa shape index (κ3) is 4.27. The van der Waals surface area contributed by atoms with Gasteiger partial charge in [-0.1, -0.05) is 6.07 Å². The first-order valence-corrected chi connectivity index (χ1v) is 7.35. The van der Waals surface area contributed by atoms with E-state index in [1.54, 1.807) is 0 Å². The Bertz CT molecular complexity index is 699. The summed E-state index contributed by atoms with van der Waals surface area (Å²) < 4.78 is 4.92. The summed E-state index contributed by atoms with van der Waals surface area (Å²) in [4.78, 5) is 22.9. The lowest BCUT2D eigenvalue weighted by Crippen LogP contribution is -2.57. The fourth-order valence-electron chi connectivity index (χ4n) is 2.53. The Morgan fingerprint density at radius 1 is 1.16 bits per heavy atom. The first-order chi connectivity index (χ1) is 11.6. The van der Waals surface area contributed by atoms with Crippen LogP contribution < -0.4 is 0 Å². The molecule has 1 aromatic rings. The molecule has 0 aromatic heterocycles. The Morgan fingerprint density at radius 3 is 2.44 bits per heavy atom. The Morgan fingerprint density at radius 2 is 1.84 bits per heavy atom. The molecule has 0 bridgehead atoms. The second-order valence-corrected chi connectivity index (χ2v) is 5.86. The van der Waals surface area contributed by atoms with E-state index in [-0.39, 0.29) is 11.5 Å². The monoisotopic (exact) mass is 360 g/mol. The van der Waals surface area contributed by atoms with Gasteiger partial charge in [-0.05, 0) is 23.8 Å². The number of benzene rings is 1. The molecule has 1 aliphatic carbocycles. The van der Waals surface area contributed by atoms with Gasteiger partial charge in [-0.25, -0.2) is 9.59 Å². The maximum Gasteiger partial charge on any atom is 0.335 e. The molecule has 0 amide bonds. The predicted octanol–water partition coefficient (Wildman–Crippen LogP) is -0.646. The molecule has 0 radical (unpaired) electrons. The number of phenols is 2. The molecule has 0 saturated heterocycles. The van der Waals surface area contributed by atoms with E-state index in [1.807, 2.05) is 0 Å². The third-order valence-electron chi connectivity index (χ3n) is 3.94. The summed E-state index contributed by atoms with van der Waals surface area (Å²) in [5.41, 5.74) is -1.94. The van der Waals surface area contributed by atoms with Crippen LogP contribution in [-0.4, -0.2) is 66.5 Å². The van der Waals surface area contributed by atoms with Crippen molar-refractivity contribution >= 4 is 18.0 Å². The van der Waals surface area contributed by atoms with Crippen molar-refractivity contribution in [1.82, 2.24) is 0 Å². The van der Waals surface area contributed by atoms with Gasteiger partial charge in [-0.3, -0.25) is 0 Å². The largest absolute Gasteiger partial charge is 0.504 e. The van der Waals surface area contributed by atoms with Gasteiger partial charge in [0.2, 0.25) is 0 Å². The number of hydrogen-bond acceptors (Lipinski definition) is 8. The highest BCUT2D eigenvalue weighted by molar-refractivity contribution is 5.87. The zero-order chi connectivity index (χ0) is 18.8. The lowest BCUT2D eigenvalue weighted by atomic mass is 9.79. The molecule has 0 unspecified atom stereocenters. The topological polar surface area (TPSA) is 165 Å². The molecule has 1 aromatic carbocycles. The van der Waals surface area contributed by atoms with Gasteiger partial charge in [0, 0.05) is 18.9 Å². The molecule has 4 atom stereocenters. The van der Waals surface area contributed by atoms with Crippen molar-refractivity contribution < 1.29 is 45.0 Å². The molecule has 6 N–H and O–H groups in total. The number of esters is 1. The molecule has 136 valence electrons. The summed E-state index contributed by atoms with van der Waals surface area (Å²) in [5.74, 6) is -3.24. The number of phenolic OH excluding ortho intramolecular Hbond substituents is 2. The second kappa shape index (κ2) is 7.09. The summed E-state index contributed by atoms with van der Waals surface area (Å²) in [5, 5.41) is 57.0. The number of ether oxygens (including phenoxy) is 1. The van der Waals surface area contributed by atoms with Crippen molar-refractivity contribution in [3.63, 3.8) is 0 Å². The Labute approximate surface area is 142 Å². The molecular weight excluding hydrogens is 342 g/mol. The summed E-state index contributed by atoms with van der Waals surface area (Å²) in [6, 6.07) is 3.83. The standard InChI is InChI=1S/C16H18O9/c17-9-3-1-8(5-10(9)18)2-4-13(20)25-12-7-16(24,15(22)23)6-11(19)14(12)21/h1-5,11-12,14,17-19,21,24H,6-7H2,(H,22,23)/b4-2+/t11-,12-,14-,16+/m1/s1/i1+1,3+1,5+1,8+1,9+1,10+1. The highest BCUT2D eigenvalue weighted by Gasteiger charge is 2.50. The normalized spacial score (nSPS) is 29.5. The summed E-state index contributed by atoms with van der Waals surface area (Å²) in [6.45, 7) is 0. The van der Waals surface area contributed by atoms with Crippen molar-refractivity contribution in [2.75, 3.05) is 0 Å². The van der Waals surface area contributed by atoms with Crippen LogP contribution in [0.2, 0.25) is 0 Å². The van der Waals surface area contributed by atoms with E-state index in [9.17, 15) is 35.1 Å². The Hall–Kier alpha value is -2.62. The zero-order valence-corrected chi connectivity index (χ0v) is 12.9. The number of aliphatic carboxylic acids is 1. The van der Waals surface area contributed by atoms with E-state index in [4.69, 9.17) is 9.84 Å². The van der Waals surface area contributed by atoms with E-state index in [0.29, 0.717) is 5.56 Å². The Kier molecular flexibility index (Phi) is 5.31. The van der Waals surface area contributed by atoms with E-state index >= 15 is 0 Å². The highest BCUT2D eigenvalue weighted by atomic mass is 16.6. The lowest BCUT2D eigenvalue weighted by Gasteiger charge is -2.39. The molecule has 9 heteroatoms. The van der Waals surface area contributed by atoms with Crippen LogP contribution in [-0.2, 0) is 14.3 Å². The number of aromatic hydroxyl groups is 2. The van der Waals surface area contributed by atoms with E-state index in [0.717, 1.165) is 6.08 Å². The van der Waals surface area contributed by atoms with Crippen molar-refractivity contribution in [3.05, 3.63) is 29.8 Å². The van der Waals surface area contributed by atoms with Crippen LogP contribution in [0.25, 0.3) is 6.08 Å². The first kappa shape index (κ1) is 18.7. The van der Waals surface area contributed by atoms with Gasteiger partial charge in [0.1, 0.15) is 12.2 Å². The molecule has 1 saturated carbocycles. The van der Waals surface area contributed by atoms with Crippen LogP contribution in [0.5, 0.6) is 11.5 Å². The van der Waals surface area contributed by atoms with Crippen molar-refractivity contribution in [2.24, 2.45) is 0 Å². The van der Waals surface area contributed by atoms with E-state index in [2.05, 4.69) is 0 Å². The van der Waals surface area contributed by atoms with Crippen LogP contribution >= 0.6 is 0 Å². The number of hydrogen-bond donors (Lipinski definition) is 6. The van der Waals surface area contributed by atoms with Gasteiger partial charge < -0.3 is 35.4 Å². The predicted molar refractivity (Wildman–Crippen MR) is 82.5 cm³/mol. The molecule has 0 spiro atoms. The minimum Gasteiger partial charge on any atom is -0.504 e. The zero-order valence-electron chi connectivity index (χ0n) is 12.9. The van der Waals surface area contributed by atoms with Crippen LogP contribution in [0.4, 0.5) is 0 Å². The summed E-state index contributed by atoms with van der Waals surface area (Å²) >= 11 is 0. The average Bonchev–Trinajstić information content (AvgIpc) is 2.53. The Balaban J connectivity index is 2.06. The fraction of sp³-hybridized carbons (Fsp3) is 0.375. The van der Waals surface area contributed by atoms with Crippen LogP contribution in [0.1, 0.15) is 18.4 Å². The molecule has 0 aliphatic heterocycles. The van der Waals surface area contributed by atoms with Crippen molar-refractivity contribution in [3.8, 4) is 11.5 Å². The number of carboxylic acids is 1. The van der Waals surface area contributed by atoms with Crippen LogP contribution in [0, 0.1) is 0 Å². The maximum absolute atomic E-state index is 11.8. The number of carbonyl (C=O) groups is 2. The highest BCUT2D eigenvalue weighted by Crippen LogP contribution is 2.31. The summed E-state index contributed by atoms with van der Waals surface area (Å²) in [7, 11) is 0. The number of aliphatic hydroxyl groups is 3. The van der Waals surface area contributed by atoms with Crippen molar-refractivity contribution in [2.45, 2.75) is 36.8 Å². The van der Waals surface area contributed by atoms with Gasteiger partial charge >= 0.3 is 11.9 Å². The van der Waals surface area contributed by atoms with Crippen LogP contribution in [0.3, 0.4) is 0 Å². The van der Waals surface area contributed by atoms with Gasteiger partial charge in [-0.2, -0.15) is 0 Å². The number of carbonyl (C=O) groups excluding carboxylic acids is 1. The molecule has 1 fully saturated rings. The molecule has 1 aliphatic rings. The fourth-order valence-corrected chi connectivity index (χ4v) is 2.53. The number of aliphatic hydroxyl groups excluding tert-OH is 2. The van der Waals surface area contributed by atoms with Crippen molar-refractivity contribution in [1.29, 1.82) is 0 Å². The minimum atomic E-state index is -2.31. The SMILES string of the molecule is O=C(/C=C/[13c]1[13cH][13cH][13c](O)[13c](O)[13cH]1)O[C@@H]1C[C@](O)(C(=O)O)C[C@@H](O)[C@H]1O. The lowest BCUT2D eigenvalue weighted by molar-refractivity contribution is -0.196. The smallest absolute Gasteiger partial charge is 0.335 e. The molecule has 9 nitrogen and oxygen atoms in total. The van der Waals surface area contributed by atoms with Gasteiger partial charge in [0.05, 0.1) is 6.10 Å². The van der Waals surface area contributed by atoms with Crippen LogP contribution in [0.15, 0.2) is 24.3 Å². The van der Waals surface area contributed by atoms with E-state index in [1.165, 1.54) is 24.3 Å². The molecule has 25 heavy (non-hydrogen) atoms.